The number of halogens is 1. The van der Waals surface area contributed by atoms with E-state index in [0.717, 1.165) is 35.7 Å². The van der Waals surface area contributed by atoms with Crippen molar-refractivity contribution in [1.82, 2.24) is 4.90 Å². The van der Waals surface area contributed by atoms with Crippen molar-refractivity contribution in [2.24, 2.45) is 35.5 Å². The Morgan fingerprint density at radius 3 is 2.31 bits per heavy atom. The molecule has 4 aliphatic rings. The van der Waals surface area contributed by atoms with Crippen LogP contribution in [-0.4, -0.2) is 149 Å². The molecule has 3 N–H and O–H groups in total. The number of Topliss-reactive ketones (excluding diaryl/α,β-unsaturated/α-hetero) is 3. The maximum Gasteiger partial charge on any atom is 0.329 e. The van der Waals surface area contributed by atoms with Crippen LogP contribution in [0.4, 0.5) is 0 Å². The molecule has 16 heteroatoms. The summed E-state index contributed by atoms with van der Waals surface area (Å²) in [5.74, 6) is -8.00. The lowest BCUT2D eigenvalue weighted by Gasteiger charge is -2.43. The summed E-state index contributed by atoms with van der Waals surface area (Å²) in [7, 11) is 3.07. The molecule has 0 radical (unpaired) electrons. The Hall–Kier alpha value is -2.68. The number of methoxy groups -OCH3 is 2. The van der Waals surface area contributed by atoms with Gasteiger partial charge in [-0.1, -0.05) is 93.7 Å². The Morgan fingerprint density at radius 1 is 0.873 bits per heavy atom. The predicted molar refractivity (Wildman–Crippen MR) is 278 cm³/mol. The number of carbonyl (C=O) groups is 5. The maximum absolute atomic E-state index is 14.5. The van der Waals surface area contributed by atoms with Gasteiger partial charge >= 0.3 is 5.97 Å². The van der Waals surface area contributed by atoms with Crippen molar-refractivity contribution in [2.75, 3.05) is 45.0 Å². The monoisotopic (exact) mass is 1110 g/mol. The van der Waals surface area contributed by atoms with Crippen molar-refractivity contribution < 1.29 is 67.7 Å². The van der Waals surface area contributed by atoms with Gasteiger partial charge in [0.15, 0.2) is 5.78 Å². The van der Waals surface area contributed by atoms with Crippen LogP contribution in [-0.2, 0) is 52.4 Å². The second-order valence-electron chi connectivity index (χ2n) is 20.8. The quantitative estimate of drug-likeness (QED) is 0.0436. The third-order valence-electron chi connectivity index (χ3n) is 15.2. The summed E-state index contributed by atoms with van der Waals surface area (Å²) in [6.45, 7) is 13.2. The van der Waals surface area contributed by atoms with E-state index in [0.29, 0.717) is 50.7 Å². The number of hydrogen-bond donors (Lipinski definition) is 3. The first kappa shape index (κ1) is 60.9. The molecule has 71 heavy (non-hydrogen) atoms. The molecule has 1 aliphatic carbocycles. The maximum atomic E-state index is 14.5. The molecule has 3 heterocycles. The molecule has 2 saturated heterocycles. The Kier molecular flexibility index (Phi) is 25.7. The van der Waals surface area contributed by atoms with E-state index in [4.69, 9.17) is 28.4 Å². The number of cyclic esters (lactones) is 1. The van der Waals surface area contributed by atoms with E-state index in [1.165, 1.54) is 12.0 Å². The predicted octanol–water partition coefficient (Wildman–Crippen LogP) is 7.39. The highest BCUT2D eigenvalue weighted by Gasteiger charge is 2.53. The van der Waals surface area contributed by atoms with Crippen molar-refractivity contribution in [2.45, 2.75) is 186 Å². The van der Waals surface area contributed by atoms with Crippen molar-refractivity contribution in [3.63, 3.8) is 0 Å². The number of aliphatic hydroxyl groups excluding tert-OH is 2. The molecule has 4 rings (SSSR count). The molecule has 0 aromatic carbocycles. The van der Waals surface area contributed by atoms with Crippen molar-refractivity contribution in [3.05, 3.63) is 47.6 Å². The summed E-state index contributed by atoms with van der Waals surface area (Å²) in [6, 6.07) is -1.15. The van der Waals surface area contributed by atoms with Gasteiger partial charge in [-0.05, 0) is 113 Å². The minimum absolute atomic E-state index is 0.00518. The lowest BCUT2D eigenvalue weighted by Crippen LogP contribution is -2.61. The molecular weight excluding hydrogens is 1030 g/mol. The van der Waals surface area contributed by atoms with Gasteiger partial charge in [0.25, 0.3) is 11.7 Å². The number of amides is 1. The van der Waals surface area contributed by atoms with Gasteiger partial charge in [0.1, 0.15) is 30.1 Å². The molecule has 402 valence electrons. The summed E-state index contributed by atoms with van der Waals surface area (Å²) in [4.78, 5) is 72.5. The molecule has 0 aromatic heterocycles. The van der Waals surface area contributed by atoms with Crippen LogP contribution in [0, 0.1) is 35.5 Å². The number of allylic oxidation sites excluding steroid dienone is 6. The normalized spacial score (nSPS) is 38.0. The molecule has 0 spiro atoms. The zero-order chi connectivity index (χ0) is 52.4. The van der Waals surface area contributed by atoms with Crippen LogP contribution in [0.5, 0.6) is 0 Å². The van der Waals surface area contributed by atoms with Gasteiger partial charge < -0.3 is 48.6 Å². The summed E-state index contributed by atoms with van der Waals surface area (Å²) in [5, 5.41) is 33.2. The van der Waals surface area contributed by atoms with Crippen LogP contribution in [0.3, 0.4) is 0 Å². The highest BCUT2D eigenvalue weighted by atomic mass is 127. The number of carbonyl (C=O) groups excluding carboxylic acids is 5. The fraction of sp³-hybridized carbons (Fsp3) is 0.764. The largest absolute Gasteiger partial charge is 0.460 e. The van der Waals surface area contributed by atoms with Crippen molar-refractivity contribution in [1.29, 1.82) is 0 Å². The second kappa shape index (κ2) is 30.0. The van der Waals surface area contributed by atoms with Crippen LogP contribution in [0.25, 0.3) is 0 Å². The Balaban J connectivity index is 1.70. The topological polar surface area (TPSA) is 205 Å². The third-order valence-corrected chi connectivity index (χ3v) is 16.0. The standard InChI is InChI=1S/C55H86INO14/c1-34-16-11-10-12-17-35(2)46(69-27-25-58)32-42-21-19-40(7)55(65,71-42)52(62)53(63)57-24-14-13-18-43(57)54(64)70-47(37(4)30-41-20-22-45(48(31-41)66-8)68-26-15-23-56)33-44(59)36(3)29-39(6)50(61)51(67-9)49(60)38(5)28-34/h10-12,16-17,29,34,36-38,40-43,45-48,50-51,58,61,65H,13-15,18-28,30-33H2,1-9H3/b12-10+,16-11+,35-17+,39-29+/t34-,36-,37-,38-,40-,41+,42+,43+,45-,46-,47+,48-,50-,51+,55-/m1/s1. The molecule has 0 unspecified atom stereocenters. The Morgan fingerprint density at radius 2 is 1.62 bits per heavy atom. The number of hydrogen-bond acceptors (Lipinski definition) is 14. The summed E-state index contributed by atoms with van der Waals surface area (Å²) < 4.78 is 37.3. The molecule has 2 bridgehead atoms. The smallest absolute Gasteiger partial charge is 0.329 e. The van der Waals surface area contributed by atoms with Gasteiger partial charge in [0.05, 0.1) is 37.6 Å². The van der Waals surface area contributed by atoms with E-state index < -0.39 is 77.8 Å². The first-order valence-corrected chi connectivity index (χ1v) is 27.7. The zero-order valence-corrected chi connectivity index (χ0v) is 46.1. The number of piperidine rings is 1. The highest BCUT2D eigenvalue weighted by molar-refractivity contribution is 14.1. The van der Waals surface area contributed by atoms with Crippen molar-refractivity contribution in [3.8, 4) is 0 Å². The van der Waals surface area contributed by atoms with Crippen molar-refractivity contribution >= 4 is 51.8 Å². The fourth-order valence-electron chi connectivity index (χ4n) is 10.7. The van der Waals surface area contributed by atoms with E-state index in [1.54, 1.807) is 34.0 Å². The number of fused-ring (bicyclic) bond motifs is 3. The highest BCUT2D eigenvalue weighted by Crippen LogP contribution is 2.38. The average Bonchev–Trinajstić information content (AvgIpc) is 3.35. The molecule has 3 aliphatic heterocycles. The average molecular weight is 1110 g/mol. The summed E-state index contributed by atoms with van der Waals surface area (Å²) in [5.41, 5.74) is 1.20. The lowest BCUT2D eigenvalue weighted by molar-refractivity contribution is -0.266. The van der Waals surface area contributed by atoms with E-state index in [9.17, 15) is 39.3 Å². The van der Waals surface area contributed by atoms with Gasteiger partial charge in [0.2, 0.25) is 5.79 Å². The summed E-state index contributed by atoms with van der Waals surface area (Å²) in [6.07, 6.45) is 13.0. The SMILES string of the molecule is CO[C@@H]1C[C@H](C[C@@H](C)[C@@H]2CC(=O)[C@H](C)/C=C(\C)[C@@H](O)[C@@H](OC)C(=O)[C@H](C)C[C@H](C)/C=C/C=C/C=C(\C)[C@H](OCCO)C[C@@H]3CC[C@@H](C)[C@@](O)(O3)C(=O)C(=O)N3CCCC[C@H]3C(=O)O2)CC[C@H]1OCCCI. The van der Waals surface area contributed by atoms with Crippen LogP contribution >= 0.6 is 22.6 Å². The molecule has 15 nitrogen and oxygen atoms in total. The number of ether oxygens (including phenoxy) is 6. The number of ketones is 3. The lowest BCUT2D eigenvalue weighted by atomic mass is 9.78. The third kappa shape index (κ3) is 17.4. The molecule has 3 fully saturated rings. The number of esters is 1. The van der Waals surface area contributed by atoms with E-state index >= 15 is 0 Å². The second-order valence-corrected chi connectivity index (χ2v) is 21.9. The number of aliphatic hydroxyl groups is 3. The minimum Gasteiger partial charge on any atom is -0.460 e. The molecule has 1 saturated carbocycles. The Labute approximate surface area is 437 Å². The number of nitrogens with zero attached hydrogens (tertiary/aromatic N) is 1. The van der Waals surface area contributed by atoms with Gasteiger partial charge in [-0.2, -0.15) is 0 Å². The first-order valence-electron chi connectivity index (χ1n) is 26.2. The van der Waals surface area contributed by atoms with Crippen LogP contribution < -0.4 is 0 Å². The fourth-order valence-corrected chi connectivity index (χ4v) is 11.0. The number of rotatable bonds is 12. The van der Waals surface area contributed by atoms with Gasteiger partial charge in [-0.3, -0.25) is 19.2 Å². The van der Waals surface area contributed by atoms with E-state index in [-0.39, 0.29) is 80.5 Å². The molecular formula is C55H86INO14. The zero-order valence-electron chi connectivity index (χ0n) is 43.9. The summed E-state index contributed by atoms with van der Waals surface area (Å²) >= 11 is 2.34. The number of alkyl halides is 1. The van der Waals surface area contributed by atoms with Gasteiger partial charge in [0, 0.05) is 62.4 Å². The first-order chi connectivity index (χ1) is 33.8. The van der Waals surface area contributed by atoms with E-state index in [2.05, 4.69) is 22.6 Å². The molecule has 1 amide bonds. The van der Waals surface area contributed by atoms with Gasteiger partial charge in [-0.25, -0.2) is 4.79 Å². The molecule has 15 atom stereocenters. The minimum atomic E-state index is -2.47. The Bertz CT molecular complexity index is 1870. The van der Waals surface area contributed by atoms with Crippen LogP contribution in [0.1, 0.15) is 132 Å². The van der Waals surface area contributed by atoms with Crippen LogP contribution in [0.2, 0.25) is 0 Å². The molecule has 0 aromatic rings. The van der Waals surface area contributed by atoms with E-state index in [1.807, 2.05) is 58.1 Å². The van der Waals surface area contributed by atoms with Crippen LogP contribution in [0.15, 0.2) is 47.6 Å². The van der Waals surface area contributed by atoms with Gasteiger partial charge in [-0.15, -0.1) is 0 Å².